The molecule has 1 aromatic carbocycles. The second-order valence-electron chi connectivity index (χ2n) is 6.62. The molecule has 0 aromatic heterocycles. The van der Waals surface area contributed by atoms with Crippen LogP contribution in [0.3, 0.4) is 0 Å². The van der Waals surface area contributed by atoms with Gasteiger partial charge in [-0.2, -0.15) is 4.99 Å². The van der Waals surface area contributed by atoms with Crippen LogP contribution in [0.25, 0.3) is 0 Å². The van der Waals surface area contributed by atoms with Crippen LogP contribution in [0.2, 0.25) is 0 Å². The zero-order valence-electron chi connectivity index (χ0n) is 13.7. The molecule has 0 N–H and O–H groups in total. The van der Waals surface area contributed by atoms with Crippen LogP contribution in [0.4, 0.5) is 0 Å². The van der Waals surface area contributed by atoms with Crippen LogP contribution in [0.15, 0.2) is 15.5 Å². The van der Waals surface area contributed by atoms with Crippen molar-refractivity contribution in [2.24, 2.45) is 4.99 Å². The minimum Gasteiger partial charge on any atom is -0.489 e. The molecule has 0 amide bonds. The lowest BCUT2D eigenvalue weighted by atomic mass is 9.81. The summed E-state index contributed by atoms with van der Waals surface area (Å²) < 4.78 is 12.8. The highest BCUT2D eigenvalue weighted by atomic mass is 79.9. The van der Waals surface area contributed by atoms with Gasteiger partial charge in [0.15, 0.2) is 11.5 Å². The summed E-state index contributed by atoms with van der Waals surface area (Å²) in [4.78, 5) is 15.3. The molecule has 5 heteroatoms. The monoisotopic (exact) mass is 379 g/mol. The summed E-state index contributed by atoms with van der Waals surface area (Å²) in [5.41, 5.74) is 1.74. The molecule has 0 unspecified atom stereocenters. The molecule has 2 aliphatic rings. The van der Waals surface area contributed by atoms with Gasteiger partial charge in [-0.15, -0.1) is 0 Å². The number of ether oxygens (including phenoxy) is 2. The average Bonchev–Trinajstić information content (AvgIpc) is 2.84. The van der Waals surface area contributed by atoms with Gasteiger partial charge in [0.2, 0.25) is 6.08 Å². The predicted octanol–water partition coefficient (Wildman–Crippen LogP) is 4.84. The van der Waals surface area contributed by atoms with E-state index in [9.17, 15) is 4.79 Å². The number of rotatable bonds is 3. The molecule has 1 saturated carbocycles. The number of halogens is 1. The summed E-state index contributed by atoms with van der Waals surface area (Å²) in [6.45, 7) is 5.59. The van der Waals surface area contributed by atoms with Crippen molar-refractivity contribution in [2.75, 3.05) is 13.2 Å². The van der Waals surface area contributed by atoms with Gasteiger partial charge in [0, 0.05) is 12.0 Å². The molecule has 3 rings (SSSR count). The summed E-state index contributed by atoms with van der Waals surface area (Å²) in [6, 6.07) is 2.08. The van der Waals surface area contributed by atoms with Crippen LogP contribution in [0.5, 0.6) is 11.5 Å². The summed E-state index contributed by atoms with van der Waals surface area (Å²) >= 11 is 3.63. The summed E-state index contributed by atoms with van der Waals surface area (Å²) in [5.74, 6) is 1.85. The molecule has 0 radical (unpaired) electrons. The Kier molecular flexibility index (Phi) is 4.79. The predicted molar refractivity (Wildman–Crippen MR) is 92.1 cm³/mol. The zero-order chi connectivity index (χ0) is 16.4. The Morgan fingerprint density at radius 2 is 1.83 bits per heavy atom. The van der Waals surface area contributed by atoms with Crippen LogP contribution in [-0.2, 0) is 10.3 Å². The highest BCUT2D eigenvalue weighted by Gasteiger charge is 2.40. The van der Waals surface area contributed by atoms with E-state index in [0.29, 0.717) is 13.2 Å². The molecular weight excluding hydrogens is 358 g/mol. The number of aliphatic imine (C=N–C) groups is 1. The van der Waals surface area contributed by atoms with E-state index in [2.05, 4.69) is 40.8 Å². The van der Waals surface area contributed by atoms with Crippen LogP contribution in [-0.4, -0.2) is 19.3 Å². The van der Waals surface area contributed by atoms with Gasteiger partial charge in [-0.1, -0.05) is 26.7 Å². The Morgan fingerprint density at radius 1 is 1.17 bits per heavy atom. The van der Waals surface area contributed by atoms with E-state index in [0.717, 1.165) is 59.2 Å². The van der Waals surface area contributed by atoms with Gasteiger partial charge in [0.05, 0.1) is 23.2 Å². The molecule has 0 atom stereocenters. The van der Waals surface area contributed by atoms with Gasteiger partial charge in [-0.25, -0.2) is 4.79 Å². The standard InChI is InChI=1S/C18H22BrNO3/c1-12(2)15-13(18(20-11-21)6-3-4-7-18)10-14(19)16-17(15)23-9-5-8-22-16/h10,12H,3-9H2,1-2H3. The van der Waals surface area contributed by atoms with Gasteiger partial charge < -0.3 is 9.47 Å². The number of isocyanates is 1. The van der Waals surface area contributed by atoms with Crippen LogP contribution >= 0.6 is 15.9 Å². The normalized spacial score (nSPS) is 19.3. The molecule has 0 saturated heterocycles. The molecule has 4 nitrogen and oxygen atoms in total. The third-order valence-electron chi connectivity index (χ3n) is 4.78. The van der Waals surface area contributed by atoms with Gasteiger partial charge in [-0.3, -0.25) is 0 Å². The number of benzene rings is 1. The van der Waals surface area contributed by atoms with Crippen molar-refractivity contribution < 1.29 is 14.3 Å². The highest BCUT2D eigenvalue weighted by Crippen LogP contribution is 2.52. The van der Waals surface area contributed by atoms with Crippen LogP contribution < -0.4 is 9.47 Å². The fourth-order valence-corrected chi connectivity index (χ4v) is 4.28. The molecular formula is C18H22BrNO3. The Hall–Kier alpha value is -1.32. The molecule has 23 heavy (non-hydrogen) atoms. The first-order valence-corrected chi connectivity index (χ1v) is 9.10. The van der Waals surface area contributed by atoms with Crippen molar-refractivity contribution >= 4 is 22.0 Å². The van der Waals surface area contributed by atoms with Crippen molar-refractivity contribution in [1.29, 1.82) is 0 Å². The Balaban J connectivity index is 2.26. The van der Waals surface area contributed by atoms with E-state index in [1.807, 2.05) is 6.08 Å². The second-order valence-corrected chi connectivity index (χ2v) is 7.48. The maximum Gasteiger partial charge on any atom is 0.235 e. The Morgan fingerprint density at radius 3 is 2.43 bits per heavy atom. The molecule has 0 spiro atoms. The van der Waals surface area contributed by atoms with E-state index in [4.69, 9.17) is 9.47 Å². The van der Waals surface area contributed by atoms with E-state index >= 15 is 0 Å². The third-order valence-corrected chi connectivity index (χ3v) is 5.37. The van der Waals surface area contributed by atoms with Crippen LogP contribution in [0.1, 0.15) is 63.0 Å². The lowest BCUT2D eigenvalue weighted by Gasteiger charge is -2.30. The number of nitrogens with zero attached hydrogens (tertiary/aromatic N) is 1. The minimum atomic E-state index is -0.464. The minimum absolute atomic E-state index is 0.257. The lowest BCUT2D eigenvalue weighted by molar-refractivity contribution is 0.295. The fourth-order valence-electron chi connectivity index (χ4n) is 3.76. The van der Waals surface area contributed by atoms with Gasteiger partial charge >= 0.3 is 0 Å². The first-order valence-electron chi connectivity index (χ1n) is 8.30. The molecule has 1 heterocycles. The largest absolute Gasteiger partial charge is 0.489 e. The van der Waals surface area contributed by atoms with Crippen molar-refractivity contribution in [3.8, 4) is 11.5 Å². The lowest BCUT2D eigenvalue weighted by Crippen LogP contribution is -2.22. The molecule has 1 aliphatic heterocycles. The fraction of sp³-hybridized carbons (Fsp3) is 0.611. The van der Waals surface area contributed by atoms with E-state index in [-0.39, 0.29) is 5.92 Å². The average molecular weight is 380 g/mol. The van der Waals surface area contributed by atoms with Crippen molar-refractivity contribution in [2.45, 2.75) is 57.4 Å². The van der Waals surface area contributed by atoms with E-state index in [1.54, 1.807) is 0 Å². The third kappa shape index (κ3) is 2.92. The quantitative estimate of drug-likeness (QED) is 0.557. The van der Waals surface area contributed by atoms with Crippen molar-refractivity contribution in [1.82, 2.24) is 0 Å². The van der Waals surface area contributed by atoms with Crippen molar-refractivity contribution in [3.63, 3.8) is 0 Å². The Bertz CT molecular complexity index is 644. The smallest absolute Gasteiger partial charge is 0.235 e. The molecule has 1 aromatic rings. The topological polar surface area (TPSA) is 47.9 Å². The summed E-state index contributed by atoms with van der Waals surface area (Å²) in [6.07, 6.45) is 6.60. The first-order chi connectivity index (χ1) is 11.1. The molecule has 1 aliphatic carbocycles. The van der Waals surface area contributed by atoms with Crippen LogP contribution in [0, 0.1) is 0 Å². The maximum atomic E-state index is 11.1. The maximum absolute atomic E-state index is 11.1. The summed E-state index contributed by atoms with van der Waals surface area (Å²) in [5, 5.41) is 0. The van der Waals surface area contributed by atoms with Crippen molar-refractivity contribution in [3.05, 3.63) is 21.7 Å². The van der Waals surface area contributed by atoms with E-state index < -0.39 is 5.54 Å². The summed E-state index contributed by atoms with van der Waals surface area (Å²) in [7, 11) is 0. The van der Waals surface area contributed by atoms with Gasteiger partial charge in [0.1, 0.15) is 0 Å². The van der Waals surface area contributed by atoms with Gasteiger partial charge in [-0.05, 0) is 46.3 Å². The number of hydrogen-bond acceptors (Lipinski definition) is 4. The van der Waals surface area contributed by atoms with E-state index in [1.165, 1.54) is 0 Å². The first kappa shape index (κ1) is 16.5. The molecule has 0 bridgehead atoms. The van der Waals surface area contributed by atoms with Gasteiger partial charge in [0.25, 0.3) is 0 Å². The highest BCUT2D eigenvalue weighted by molar-refractivity contribution is 9.10. The number of hydrogen-bond donors (Lipinski definition) is 0. The SMILES string of the molecule is CC(C)c1c(C2(N=C=O)CCCC2)cc(Br)c2c1OCCCO2. The molecule has 124 valence electrons. The zero-order valence-corrected chi connectivity index (χ0v) is 15.2. The second kappa shape index (κ2) is 6.66. The molecule has 1 fully saturated rings. The number of carbonyl (C=O) groups excluding carboxylic acids is 1. The Labute approximate surface area is 145 Å². The number of fused-ring (bicyclic) bond motifs is 1.